The monoisotopic (exact) mass is 487 g/mol. The molecule has 35 heavy (non-hydrogen) atoms. The van der Waals surface area contributed by atoms with Gasteiger partial charge in [0, 0.05) is 17.2 Å². The Balaban J connectivity index is 1.19. The number of carbonyl (C=O) groups is 1. The lowest BCUT2D eigenvalue weighted by molar-refractivity contribution is 0.101. The topological polar surface area (TPSA) is 125 Å². The molecule has 0 atom stereocenters. The van der Waals surface area contributed by atoms with Crippen LogP contribution in [0, 0.1) is 6.92 Å². The summed E-state index contributed by atoms with van der Waals surface area (Å²) in [7, 11) is 0. The minimum Gasteiger partial charge on any atom is -0.486 e. The number of hydrogen-bond acceptors (Lipinski definition) is 10. The number of nitrogens with one attached hydrogen (secondary N) is 1. The standard InChI is InChI=1S/C24H17N5O5S/c1-13-20(23-26-21(29-34-23)14-5-3-2-4-6-14)35-24(25-13)27-22(30)16-12-18(33-28-16)15-7-8-17-19(11-15)32-10-9-31-17/h2-8,11-12H,9-10H2,1H3,(H,25,27,30). The lowest BCUT2D eigenvalue weighted by Gasteiger charge is -2.18. The van der Waals surface area contributed by atoms with Crippen LogP contribution in [0.25, 0.3) is 33.5 Å². The molecule has 3 aromatic heterocycles. The van der Waals surface area contributed by atoms with E-state index in [0.717, 1.165) is 11.1 Å². The highest BCUT2D eigenvalue weighted by atomic mass is 32.1. The normalized spacial score (nSPS) is 12.5. The Morgan fingerprint density at radius 2 is 1.74 bits per heavy atom. The number of anilines is 1. The second-order valence-corrected chi connectivity index (χ2v) is 8.61. The zero-order valence-corrected chi connectivity index (χ0v) is 19.2. The fourth-order valence-electron chi connectivity index (χ4n) is 3.54. The van der Waals surface area contributed by atoms with Crippen molar-refractivity contribution < 1.29 is 23.3 Å². The molecule has 0 unspecified atom stereocenters. The number of nitrogens with zero attached hydrogens (tertiary/aromatic N) is 4. The average molecular weight is 487 g/mol. The summed E-state index contributed by atoms with van der Waals surface area (Å²) in [4.78, 5) is 22.3. The van der Waals surface area contributed by atoms with E-state index in [1.807, 2.05) is 43.3 Å². The summed E-state index contributed by atoms with van der Waals surface area (Å²) in [6.45, 7) is 2.80. The Bertz CT molecular complexity index is 1520. The molecule has 5 aromatic rings. The first-order valence-electron chi connectivity index (χ1n) is 10.7. The summed E-state index contributed by atoms with van der Waals surface area (Å²) in [6.07, 6.45) is 0. The summed E-state index contributed by atoms with van der Waals surface area (Å²) in [6, 6.07) is 16.5. The van der Waals surface area contributed by atoms with Crippen molar-refractivity contribution in [2.45, 2.75) is 6.92 Å². The number of benzene rings is 2. The molecule has 0 aliphatic carbocycles. The van der Waals surface area contributed by atoms with E-state index in [-0.39, 0.29) is 5.69 Å². The van der Waals surface area contributed by atoms with Gasteiger partial charge in [0.25, 0.3) is 11.8 Å². The van der Waals surface area contributed by atoms with Crippen molar-refractivity contribution in [3.8, 4) is 45.0 Å². The van der Waals surface area contributed by atoms with Crippen LogP contribution in [0.3, 0.4) is 0 Å². The van der Waals surface area contributed by atoms with Gasteiger partial charge in [0.15, 0.2) is 28.1 Å². The second kappa shape index (κ2) is 8.69. The predicted octanol–water partition coefficient (Wildman–Crippen LogP) is 4.85. The second-order valence-electron chi connectivity index (χ2n) is 7.61. The van der Waals surface area contributed by atoms with Crippen LogP contribution in [0.4, 0.5) is 5.13 Å². The van der Waals surface area contributed by atoms with Gasteiger partial charge in [0.2, 0.25) is 5.82 Å². The average Bonchev–Trinajstić information content (AvgIpc) is 3.64. The maximum atomic E-state index is 12.8. The predicted molar refractivity (Wildman–Crippen MR) is 126 cm³/mol. The third kappa shape index (κ3) is 4.13. The van der Waals surface area contributed by atoms with E-state index in [4.69, 9.17) is 18.5 Å². The number of aryl methyl sites for hydroxylation is 1. The number of ether oxygens (including phenoxy) is 2. The third-order valence-electron chi connectivity index (χ3n) is 5.24. The van der Waals surface area contributed by atoms with Crippen LogP contribution in [0.1, 0.15) is 16.2 Å². The van der Waals surface area contributed by atoms with Gasteiger partial charge in [-0.2, -0.15) is 4.98 Å². The van der Waals surface area contributed by atoms with Crippen molar-refractivity contribution in [1.82, 2.24) is 20.3 Å². The van der Waals surface area contributed by atoms with Gasteiger partial charge in [0.05, 0.1) is 5.69 Å². The Morgan fingerprint density at radius 1 is 0.914 bits per heavy atom. The molecule has 10 nitrogen and oxygen atoms in total. The largest absolute Gasteiger partial charge is 0.486 e. The molecule has 4 heterocycles. The quantitative estimate of drug-likeness (QED) is 0.370. The Kier molecular flexibility index (Phi) is 5.23. The van der Waals surface area contributed by atoms with E-state index in [1.54, 1.807) is 18.2 Å². The van der Waals surface area contributed by atoms with Gasteiger partial charge in [-0.05, 0) is 25.1 Å². The van der Waals surface area contributed by atoms with Gasteiger partial charge < -0.3 is 18.5 Å². The van der Waals surface area contributed by atoms with Gasteiger partial charge in [0.1, 0.15) is 18.1 Å². The van der Waals surface area contributed by atoms with Crippen molar-refractivity contribution in [2.24, 2.45) is 0 Å². The zero-order chi connectivity index (χ0) is 23.8. The van der Waals surface area contributed by atoms with Crippen LogP contribution in [-0.4, -0.2) is 39.4 Å². The van der Waals surface area contributed by atoms with Gasteiger partial charge in [-0.3, -0.25) is 10.1 Å². The highest BCUT2D eigenvalue weighted by Crippen LogP contribution is 2.35. The first-order valence-corrected chi connectivity index (χ1v) is 11.5. The first kappa shape index (κ1) is 21.1. The van der Waals surface area contributed by atoms with Crippen LogP contribution in [-0.2, 0) is 0 Å². The molecule has 1 N–H and O–H groups in total. The number of thiazole rings is 1. The Hall–Kier alpha value is -4.51. The molecular formula is C24H17N5O5S. The lowest BCUT2D eigenvalue weighted by atomic mass is 10.1. The highest BCUT2D eigenvalue weighted by molar-refractivity contribution is 7.19. The molecule has 0 spiro atoms. The van der Waals surface area contributed by atoms with Gasteiger partial charge in [-0.1, -0.05) is 52.0 Å². The highest BCUT2D eigenvalue weighted by Gasteiger charge is 2.21. The zero-order valence-electron chi connectivity index (χ0n) is 18.3. The van der Waals surface area contributed by atoms with E-state index < -0.39 is 5.91 Å². The van der Waals surface area contributed by atoms with Crippen molar-refractivity contribution in [3.05, 3.63) is 66.0 Å². The van der Waals surface area contributed by atoms with Crippen molar-refractivity contribution in [1.29, 1.82) is 0 Å². The smallest absolute Gasteiger partial charge is 0.279 e. The van der Waals surface area contributed by atoms with E-state index in [9.17, 15) is 4.79 Å². The maximum absolute atomic E-state index is 12.8. The molecule has 0 bridgehead atoms. The van der Waals surface area contributed by atoms with Crippen LogP contribution in [0.5, 0.6) is 11.5 Å². The van der Waals surface area contributed by atoms with E-state index in [1.165, 1.54) is 11.3 Å². The fraction of sp³-hybridized carbons (Fsp3) is 0.125. The fourth-order valence-corrected chi connectivity index (χ4v) is 4.43. The first-order chi connectivity index (χ1) is 17.1. The number of aromatic nitrogens is 4. The number of rotatable bonds is 5. The molecule has 1 aliphatic rings. The molecule has 0 saturated heterocycles. The minimum absolute atomic E-state index is 0.119. The molecular weight excluding hydrogens is 470 g/mol. The number of carbonyl (C=O) groups excluding carboxylic acids is 1. The van der Waals surface area contributed by atoms with Crippen molar-refractivity contribution >= 4 is 22.4 Å². The van der Waals surface area contributed by atoms with Crippen molar-refractivity contribution in [2.75, 3.05) is 18.5 Å². The van der Waals surface area contributed by atoms with Gasteiger partial charge in [-0.25, -0.2) is 4.98 Å². The lowest BCUT2D eigenvalue weighted by Crippen LogP contribution is -2.15. The molecule has 0 saturated carbocycles. The summed E-state index contributed by atoms with van der Waals surface area (Å²) in [5, 5.41) is 11.1. The molecule has 174 valence electrons. The summed E-state index contributed by atoms with van der Waals surface area (Å²) in [5.41, 5.74) is 2.34. The molecule has 0 radical (unpaired) electrons. The minimum atomic E-state index is -0.451. The number of hydrogen-bond donors (Lipinski definition) is 1. The van der Waals surface area contributed by atoms with E-state index in [0.29, 0.717) is 57.9 Å². The Labute approximate surface area is 202 Å². The third-order valence-corrected chi connectivity index (χ3v) is 6.30. The molecule has 1 amide bonds. The van der Waals surface area contributed by atoms with Gasteiger partial charge in [-0.15, -0.1) is 0 Å². The molecule has 6 rings (SSSR count). The van der Waals surface area contributed by atoms with Crippen LogP contribution in [0.2, 0.25) is 0 Å². The van der Waals surface area contributed by atoms with Crippen molar-refractivity contribution in [3.63, 3.8) is 0 Å². The summed E-state index contributed by atoms with van der Waals surface area (Å²) < 4.78 is 22.0. The number of amides is 1. The van der Waals surface area contributed by atoms with Gasteiger partial charge >= 0.3 is 0 Å². The summed E-state index contributed by atoms with van der Waals surface area (Å²) >= 11 is 1.23. The SMILES string of the molecule is Cc1nc(NC(=O)c2cc(-c3ccc4c(c3)OCCO4)on2)sc1-c1nc(-c2ccccc2)no1. The Morgan fingerprint density at radius 3 is 2.60 bits per heavy atom. The summed E-state index contributed by atoms with van der Waals surface area (Å²) in [5.74, 6) is 2.09. The molecule has 1 aliphatic heterocycles. The maximum Gasteiger partial charge on any atom is 0.279 e. The van der Waals surface area contributed by atoms with Crippen LogP contribution < -0.4 is 14.8 Å². The number of fused-ring (bicyclic) bond motifs is 1. The van der Waals surface area contributed by atoms with Crippen LogP contribution >= 0.6 is 11.3 Å². The molecule has 11 heteroatoms. The van der Waals surface area contributed by atoms with Crippen LogP contribution in [0.15, 0.2) is 63.6 Å². The molecule has 0 fully saturated rings. The van der Waals surface area contributed by atoms with E-state index >= 15 is 0 Å². The molecule has 2 aromatic carbocycles. The van der Waals surface area contributed by atoms with E-state index in [2.05, 4.69) is 25.6 Å².